The van der Waals surface area contributed by atoms with Crippen molar-refractivity contribution in [3.63, 3.8) is 0 Å². The number of aromatic carboxylic acids is 1. The van der Waals surface area contributed by atoms with E-state index in [1.165, 1.54) is 6.07 Å². The fraction of sp³-hybridized carbons (Fsp3) is 0.188. The summed E-state index contributed by atoms with van der Waals surface area (Å²) in [5.41, 5.74) is -0.0131. The Labute approximate surface area is 119 Å². The van der Waals surface area contributed by atoms with Crippen LogP contribution >= 0.6 is 0 Å². The second-order valence-corrected chi connectivity index (χ2v) is 4.67. The van der Waals surface area contributed by atoms with Crippen LogP contribution < -0.4 is 0 Å². The minimum Gasteiger partial charge on any atom is -0.478 e. The molecule has 2 rings (SSSR count). The van der Waals surface area contributed by atoms with Crippen molar-refractivity contribution in [1.29, 1.82) is 0 Å². The molecule has 0 heterocycles. The maximum atomic E-state index is 13.7. The Morgan fingerprint density at radius 3 is 2.29 bits per heavy atom. The van der Waals surface area contributed by atoms with Crippen LogP contribution in [0.4, 0.5) is 13.2 Å². The Morgan fingerprint density at radius 1 is 1.14 bits per heavy atom. The fourth-order valence-electron chi connectivity index (χ4n) is 2.03. The molecule has 2 nitrogen and oxygen atoms in total. The zero-order valence-corrected chi connectivity index (χ0v) is 11.2. The molecule has 1 atom stereocenters. The lowest BCUT2D eigenvalue weighted by Crippen LogP contribution is -2.25. The first-order chi connectivity index (χ1) is 9.84. The van der Waals surface area contributed by atoms with E-state index in [4.69, 9.17) is 0 Å². The van der Waals surface area contributed by atoms with E-state index in [0.29, 0.717) is 11.1 Å². The first-order valence-electron chi connectivity index (χ1n) is 6.29. The second-order valence-electron chi connectivity index (χ2n) is 4.67. The highest BCUT2D eigenvalue weighted by Crippen LogP contribution is 2.36. The number of carbonyl (C=O) groups is 1. The molecule has 21 heavy (non-hydrogen) atoms. The number of halogens is 3. The first-order valence-corrected chi connectivity index (χ1v) is 6.29. The number of carboxylic acid groups (broad SMARTS) is 1. The SMILES string of the molecule is CC(F)C(F)(F)c1ccc(-c2ccccc2)c(C(=O)O)c1. The average molecular weight is 294 g/mol. The summed E-state index contributed by atoms with van der Waals surface area (Å²) < 4.78 is 40.4. The van der Waals surface area contributed by atoms with E-state index in [0.717, 1.165) is 19.1 Å². The molecule has 0 bridgehead atoms. The normalized spacial score (nSPS) is 13.0. The van der Waals surface area contributed by atoms with Gasteiger partial charge in [-0.1, -0.05) is 42.5 Å². The summed E-state index contributed by atoms with van der Waals surface area (Å²) in [6.07, 6.45) is -2.40. The molecule has 110 valence electrons. The zero-order valence-electron chi connectivity index (χ0n) is 11.2. The van der Waals surface area contributed by atoms with Crippen molar-refractivity contribution in [2.24, 2.45) is 0 Å². The van der Waals surface area contributed by atoms with Gasteiger partial charge in [0, 0.05) is 5.56 Å². The van der Waals surface area contributed by atoms with Crippen molar-refractivity contribution in [2.45, 2.75) is 19.0 Å². The Kier molecular flexibility index (Phi) is 4.02. The molecule has 2 aromatic carbocycles. The molecular formula is C16H13F3O2. The van der Waals surface area contributed by atoms with Crippen LogP contribution in [0.2, 0.25) is 0 Å². The first kappa shape index (κ1) is 15.1. The molecule has 0 amide bonds. The van der Waals surface area contributed by atoms with E-state index in [-0.39, 0.29) is 5.56 Å². The summed E-state index contributed by atoms with van der Waals surface area (Å²) in [4.78, 5) is 11.3. The molecule has 0 aliphatic heterocycles. The van der Waals surface area contributed by atoms with Gasteiger partial charge in [0.25, 0.3) is 0 Å². The van der Waals surface area contributed by atoms with Crippen LogP contribution in [0, 0.1) is 0 Å². The van der Waals surface area contributed by atoms with Gasteiger partial charge in [0.1, 0.15) is 0 Å². The quantitative estimate of drug-likeness (QED) is 0.901. The van der Waals surface area contributed by atoms with Crippen molar-refractivity contribution in [1.82, 2.24) is 0 Å². The van der Waals surface area contributed by atoms with E-state index < -0.39 is 23.6 Å². The molecule has 0 saturated heterocycles. The predicted octanol–water partition coefficient (Wildman–Crippen LogP) is 4.50. The number of alkyl halides is 3. The van der Waals surface area contributed by atoms with Crippen molar-refractivity contribution in [3.05, 3.63) is 59.7 Å². The van der Waals surface area contributed by atoms with Gasteiger partial charge in [0.2, 0.25) is 0 Å². The molecule has 0 saturated carbocycles. The van der Waals surface area contributed by atoms with Gasteiger partial charge in [-0.3, -0.25) is 0 Å². The van der Waals surface area contributed by atoms with Crippen molar-refractivity contribution >= 4 is 5.97 Å². The molecule has 0 aliphatic carbocycles. The Bertz CT molecular complexity index is 652. The molecule has 5 heteroatoms. The third kappa shape index (κ3) is 2.91. The minimum absolute atomic E-state index is 0.279. The van der Waals surface area contributed by atoms with Crippen LogP contribution in [0.1, 0.15) is 22.8 Å². The van der Waals surface area contributed by atoms with Crippen molar-refractivity contribution in [2.75, 3.05) is 0 Å². The number of hydrogen-bond acceptors (Lipinski definition) is 1. The smallest absolute Gasteiger partial charge is 0.336 e. The third-order valence-electron chi connectivity index (χ3n) is 3.22. The minimum atomic E-state index is -3.72. The molecule has 1 unspecified atom stereocenters. The molecule has 0 aromatic heterocycles. The van der Waals surface area contributed by atoms with E-state index >= 15 is 0 Å². The number of rotatable bonds is 4. The van der Waals surface area contributed by atoms with Gasteiger partial charge >= 0.3 is 11.9 Å². The highest BCUT2D eigenvalue weighted by molar-refractivity contribution is 5.96. The topological polar surface area (TPSA) is 37.3 Å². The van der Waals surface area contributed by atoms with Crippen LogP contribution in [0.5, 0.6) is 0 Å². The zero-order chi connectivity index (χ0) is 15.6. The van der Waals surface area contributed by atoms with Gasteiger partial charge in [0.05, 0.1) is 5.56 Å². The summed E-state index contributed by atoms with van der Waals surface area (Å²) in [5.74, 6) is -5.06. The number of benzene rings is 2. The van der Waals surface area contributed by atoms with Crippen molar-refractivity contribution in [3.8, 4) is 11.1 Å². The Morgan fingerprint density at radius 2 is 1.76 bits per heavy atom. The van der Waals surface area contributed by atoms with Gasteiger partial charge < -0.3 is 5.11 Å². The second kappa shape index (κ2) is 5.60. The van der Waals surface area contributed by atoms with Gasteiger partial charge in [-0.2, -0.15) is 8.78 Å². The molecule has 1 N–H and O–H groups in total. The van der Waals surface area contributed by atoms with E-state index in [9.17, 15) is 23.1 Å². The molecule has 0 fully saturated rings. The molecule has 0 aliphatic rings. The van der Waals surface area contributed by atoms with E-state index in [1.807, 2.05) is 0 Å². The van der Waals surface area contributed by atoms with E-state index in [2.05, 4.69) is 0 Å². The molecule has 2 aromatic rings. The Balaban J connectivity index is 2.59. The highest BCUT2D eigenvalue weighted by Gasteiger charge is 2.39. The fourth-order valence-corrected chi connectivity index (χ4v) is 2.03. The predicted molar refractivity (Wildman–Crippen MR) is 73.3 cm³/mol. The summed E-state index contributed by atoms with van der Waals surface area (Å²) in [5, 5.41) is 9.22. The lowest BCUT2D eigenvalue weighted by molar-refractivity contribution is -0.0712. The lowest BCUT2D eigenvalue weighted by atomic mass is 9.94. The maximum absolute atomic E-state index is 13.7. The maximum Gasteiger partial charge on any atom is 0.336 e. The van der Waals surface area contributed by atoms with Gasteiger partial charge in [0.15, 0.2) is 6.17 Å². The Hall–Kier alpha value is -2.30. The summed E-state index contributed by atoms with van der Waals surface area (Å²) in [7, 11) is 0. The van der Waals surface area contributed by atoms with Crippen LogP contribution in [0.25, 0.3) is 11.1 Å². The molecular weight excluding hydrogens is 281 g/mol. The van der Waals surface area contributed by atoms with Gasteiger partial charge in [-0.25, -0.2) is 9.18 Å². The van der Waals surface area contributed by atoms with Crippen LogP contribution in [0.15, 0.2) is 48.5 Å². The average Bonchev–Trinajstić information content (AvgIpc) is 2.47. The third-order valence-corrected chi connectivity index (χ3v) is 3.22. The monoisotopic (exact) mass is 294 g/mol. The lowest BCUT2D eigenvalue weighted by Gasteiger charge is -2.19. The molecule has 0 radical (unpaired) electrons. The van der Waals surface area contributed by atoms with Gasteiger partial charge in [-0.05, 0) is 24.1 Å². The van der Waals surface area contributed by atoms with Gasteiger partial charge in [-0.15, -0.1) is 0 Å². The molecule has 0 spiro atoms. The standard InChI is InChI=1S/C16H13F3O2/c1-10(17)16(18,19)12-7-8-13(14(9-12)15(20)21)11-5-3-2-4-6-11/h2-10H,1H3,(H,20,21). The summed E-state index contributed by atoms with van der Waals surface area (Å²) in [6, 6.07) is 11.7. The van der Waals surface area contributed by atoms with Crippen molar-refractivity contribution < 1.29 is 23.1 Å². The number of hydrogen-bond donors (Lipinski definition) is 1. The highest BCUT2D eigenvalue weighted by atomic mass is 19.3. The number of carboxylic acids is 1. The van der Waals surface area contributed by atoms with Crippen LogP contribution in [-0.4, -0.2) is 17.2 Å². The van der Waals surface area contributed by atoms with E-state index in [1.54, 1.807) is 30.3 Å². The van der Waals surface area contributed by atoms with Crippen LogP contribution in [0.3, 0.4) is 0 Å². The largest absolute Gasteiger partial charge is 0.478 e. The summed E-state index contributed by atoms with van der Waals surface area (Å²) in [6.45, 7) is 0.742. The summed E-state index contributed by atoms with van der Waals surface area (Å²) >= 11 is 0. The van der Waals surface area contributed by atoms with Crippen LogP contribution in [-0.2, 0) is 5.92 Å².